The summed E-state index contributed by atoms with van der Waals surface area (Å²) < 4.78 is 5.25. The van der Waals surface area contributed by atoms with Crippen LogP contribution >= 0.6 is 0 Å². The molecule has 2 nitrogen and oxygen atoms in total. The van der Waals surface area contributed by atoms with E-state index in [0.717, 1.165) is 38.9 Å². The predicted octanol–water partition coefficient (Wildman–Crippen LogP) is 1.96. The van der Waals surface area contributed by atoms with Gasteiger partial charge in [0, 0.05) is 13.2 Å². The molecule has 0 saturated carbocycles. The van der Waals surface area contributed by atoms with E-state index in [9.17, 15) is 5.11 Å². The molecule has 12 heavy (non-hydrogen) atoms. The van der Waals surface area contributed by atoms with Crippen LogP contribution in [-0.2, 0) is 4.74 Å². The summed E-state index contributed by atoms with van der Waals surface area (Å²) >= 11 is 0. The van der Waals surface area contributed by atoms with Crippen molar-refractivity contribution in [3.8, 4) is 0 Å². The van der Waals surface area contributed by atoms with Crippen LogP contribution in [0, 0.1) is 5.92 Å². The number of hydrogen-bond donors (Lipinski definition) is 1. The van der Waals surface area contributed by atoms with Gasteiger partial charge >= 0.3 is 0 Å². The lowest BCUT2D eigenvalue weighted by atomic mass is 9.98. The van der Waals surface area contributed by atoms with E-state index in [0.29, 0.717) is 5.92 Å². The van der Waals surface area contributed by atoms with Crippen LogP contribution < -0.4 is 0 Å². The number of ether oxygens (including phenoxy) is 1. The fourth-order valence-corrected chi connectivity index (χ4v) is 1.71. The largest absolute Gasteiger partial charge is 0.393 e. The molecular weight excluding hydrogens is 152 g/mol. The van der Waals surface area contributed by atoms with Crippen LogP contribution in [0.4, 0.5) is 0 Å². The number of rotatable bonds is 5. The highest BCUT2D eigenvalue weighted by molar-refractivity contribution is 4.68. The van der Waals surface area contributed by atoms with Crippen molar-refractivity contribution in [2.24, 2.45) is 5.92 Å². The minimum Gasteiger partial charge on any atom is -0.393 e. The molecule has 0 aromatic rings. The van der Waals surface area contributed by atoms with Gasteiger partial charge in [-0.25, -0.2) is 0 Å². The summed E-state index contributed by atoms with van der Waals surface area (Å²) in [5.74, 6) is 0.622. The third-order valence-electron chi connectivity index (χ3n) is 2.52. The molecule has 0 aliphatic carbocycles. The minimum absolute atomic E-state index is 0.0864. The molecule has 0 spiro atoms. The minimum atomic E-state index is -0.0864. The molecule has 1 fully saturated rings. The molecule has 2 heteroatoms. The molecular formula is C10H20O2. The Kier molecular flexibility index (Phi) is 4.62. The van der Waals surface area contributed by atoms with Crippen LogP contribution in [0.1, 0.15) is 39.0 Å². The van der Waals surface area contributed by atoms with Crippen molar-refractivity contribution in [3.05, 3.63) is 0 Å². The van der Waals surface area contributed by atoms with Crippen LogP contribution in [0.2, 0.25) is 0 Å². The highest BCUT2D eigenvalue weighted by Gasteiger charge is 2.18. The van der Waals surface area contributed by atoms with Gasteiger partial charge in [0.15, 0.2) is 0 Å². The molecule has 1 aliphatic heterocycles. The lowest BCUT2D eigenvalue weighted by Crippen LogP contribution is -2.13. The topological polar surface area (TPSA) is 29.5 Å². The molecule has 2 unspecified atom stereocenters. The van der Waals surface area contributed by atoms with Crippen molar-refractivity contribution in [2.45, 2.75) is 45.1 Å². The second-order valence-corrected chi connectivity index (χ2v) is 3.76. The summed E-state index contributed by atoms with van der Waals surface area (Å²) in [6.07, 6.45) is 5.29. The van der Waals surface area contributed by atoms with E-state index in [1.165, 1.54) is 6.42 Å². The van der Waals surface area contributed by atoms with Crippen molar-refractivity contribution < 1.29 is 9.84 Å². The van der Waals surface area contributed by atoms with Crippen molar-refractivity contribution in [3.63, 3.8) is 0 Å². The van der Waals surface area contributed by atoms with Crippen LogP contribution in [0.25, 0.3) is 0 Å². The van der Waals surface area contributed by atoms with E-state index in [1.807, 2.05) is 0 Å². The van der Waals surface area contributed by atoms with Gasteiger partial charge < -0.3 is 9.84 Å². The van der Waals surface area contributed by atoms with Gasteiger partial charge in [-0.3, -0.25) is 0 Å². The van der Waals surface area contributed by atoms with Crippen molar-refractivity contribution in [2.75, 3.05) is 13.2 Å². The maximum absolute atomic E-state index is 9.59. The smallest absolute Gasteiger partial charge is 0.0543 e. The third kappa shape index (κ3) is 3.55. The number of aliphatic hydroxyl groups excluding tert-OH is 1. The summed E-state index contributed by atoms with van der Waals surface area (Å²) in [6, 6.07) is 0. The lowest BCUT2D eigenvalue weighted by molar-refractivity contribution is 0.119. The van der Waals surface area contributed by atoms with E-state index in [-0.39, 0.29) is 6.10 Å². The molecule has 2 atom stereocenters. The van der Waals surface area contributed by atoms with Gasteiger partial charge in [0.1, 0.15) is 0 Å². The van der Waals surface area contributed by atoms with Gasteiger partial charge in [0.25, 0.3) is 0 Å². The SMILES string of the molecule is CCCCC(O)CC1CCOC1. The summed E-state index contributed by atoms with van der Waals surface area (Å²) in [4.78, 5) is 0. The standard InChI is InChI=1S/C10H20O2/c1-2-3-4-10(11)7-9-5-6-12-8-9/h9-11H,2-8H2,1H3. The van der Waals surface area contributed by atoms with E-state index in [2.05, 4.69) is 6.92 Å². The third-order valence-corrected chi connectivity index (χ3v) is 2.52. The zero-order chi connectivity index (χ0) is 8.81. The van der Waals surface area contributed by atoms with Crippen LogP contribution in [0.15, 0.2) is 0 Å². The van der Waals surface area contributed by atoms with Gasteiger partial charge in [-0.1, -0.05) is 19.8 Å². The van der Waals surface area contributed by atoms with Crippen molar-refractivity contribution in [1.82, 2.24) is 0 Å². The first-order chi connectivity index (χ1) is 5.83. The molecule has 0 radical (unpaired) electrons. The summed E-state index contributed by atoms with van der Waals surface area (Å²) in [7, 11) is 0. The maximum Gasteiger partial charge on any atom is 0.0543 e. The zero-order valence-corrected chi connectivity index (χ0v) is 7.96. The van der Waals surface area contributed by atoms with Crippen LogP contribution in [0.5, 0.6) is 0 Å². The second kappa shape index (κ2) is 5.55. The van der Waals surface area contributed by atoms with Gasteiger partial charge in [-0.2, -0.15) is 0 Å². The highest BCUT2D eigenvalue weighted by atomic mass is 16.5. The molecule has 1 heterocycles. The zero-order valence-electron chi connectivity index (χ0n) is 7.96. The molecule has 1 rings (SSSR count). The van der Waals surface area contributed by atoms with E-state index in [1.54, 1.807) is 0 Å². The average molecular weight is 172 g/mol. The fraction of sp³-hybridized carbons (Fsp3) is 1.00. The highest BCUT2D eigenvalue weighted by Crippen LogP contribution is 2.20. The maximum atomic E-state index is 9.59. The van der Waals surface area contributed by atoms with Gasteiger partial charge in [0.2, 0.25) is 0 Å². The number of aliphatic hydroxyl groups is 1. The first-order valence-electron chi connectivity index (χ1n) is 5.08. The molecule has 1 saturated heterocycles. The quantitative estimate of drug-likeness (QED) is 0.687. The second-order valence-electron chi connectivity index (χ2n) is 3.76. The van der Waals surface area contributed by atoms with E-state index >= 15 is 0 Å². The predicted molar refractivity (Wildman–Crippen MR) is 49.1 cm³/mol. The van der Waals surface area contributed by atoms with Crippen LogP contribution in [0.3, 0.4) is 0 Å². The normalized spacial score (nSPS) is 26.0. The summed E-state index contributed by atoms with van der Waals surface area (Å²) in [5.41, 5.74) is 0. The Labute approximate surface area is 74.9 Å². The Bertz CT molecular complexity index is 108. The molecule has 0 aromatic carbocycles. The van der Waals surface area contributed by atoms with Crippen molar-refractivity contribution >= 4 is 0 Å². The van der Waals surface area contributed by atoms with Gasteiger partial charge in [-0.15, -0.1) is 0 Å². The molecule has 0 aromatic heterocycles. The Morgan fingerprint density at radius 2 is 2.42 bits per heavy atom. The van der Waals surface area contributed by atoms with Gasteiger partial charge in [0.05, 0.1) is 6.10 Å². The van der Waals surface area contributed by atoms with E-state index < -0.39 is 0 Å². The van der Waals surface area contributed by atoms with Gasteiger partial charge in [-0.05, 0) is 25.2 Å². The summed E-state index contributed by atoms with van der Waals surface area (Å²) in [6.45, 7) is 3.92. The van der Waals surface area contributed by atoms with Crippen LogP contribution in [-0.4, -0.2) is 24.4 Å². The number of hydrogen-bond acceptors (Lipinski definition) is 2. The van der Waals surface area contributed by atoms with E-state index in [4.69, 9.17) is 4.74 Å². The Morgan fingerprint density at radius 1 is 1.58 bits per heavy atom. The first kappa shape index (κ1) is 10.0. The first-order valence-corrected chi connectivity index (χ1v) is 5.08. The fourth-order valence-electron chi connectivity index (χ4n) is 1.71. The molecule has 0 bridgehead atoms. The Balaban J connectivity index is 2.03. The summed E-state index contributed by atoms with van der Waals surface area (Å²) in [5, 5.41) is 9.59. The Morgan fingerprint density at radius 3 is 3.00 bits per heavy atom. The number of unbranched alkanes of at least 4 members (excludes halogenated alkanes) is 1. The Hall–Kier alpha value is -0.0800. The average Bonchev–Trinajstić information content (AvgIpc) is 2.53. The molecule has 72 valence electrons. The lowest BCUT2D eigenvalue weighted by Gasteiger charge is -2.13. The molecule has 0 amide bonds. The monoisotopic (exact) mass is 172 g/mol. The molecule has 1 N–H and O–H groups in total. The molecule has 1 aliphatic rings. The van der Waals surface area contributed by atoms with Crippen molar-refractivity contribution in [1.29, 1.82) is 0 Å².